The Morgan fingerprint density at radius 2 is 2.21 bits per heavy atom. The van der Waals surface area contributed by atoms with Gasteiger partial charge >= 0.3 is 0 Å². The van der Waals surface area contributed by atoms with Crippen LogP contribution in [-0.2, 0) is 33.8 Å². The summed E-state index contributed by atoms with van der Waals surface area (Å²) in [5, 5.41) is 7.15. The summed E-state index contributed by atoms with van der Waals surface area (Å²) in [4.78, 5) is 31.3. The minimum absolute atomic E-state index is 0.0679. The molecule has 0 bridgehead atoms. The average molecular weight is 399 g/mol. The molecule has 1 N–H and O–H groups in total. The van der Waals surface area contributed by atoms with E-state index in [9.17, 15) is 9.59 Å². The van der Waals surface area contributed by atoms with Crippen LogP contribution in [0.4, 0.5) is 0 Å². The fraction of sp³-hybridized carbons (Fsp3) is 0.524. The third kappa shape index (κ3) is 5.41. The molecule has 1 aliphatic rings. The molecule has 8 nitrogen and oxygen atoms in total. The van der Waals surface area contributed by atoms with Gasteiger partial charge in [-0.15, -0.1) is 0 Å². The summed E-state index contributed by atoms with van der Waals surface area (Å²) in [6.45, 7) is 6.60. The van der Waals surface area contributed by atoms with Crippen LogP contribution >= 0.6 is 0 Å². The van der Waals surface area contributed by atoms with Gasteiger partial charge in [-0.05, 0) is 36.6 Å². The second-order valence-electron chi connectivity index (χ2n) is 7.09. The number of hydrogen-bond donors (Lipinski definition) is 1. The number of nitrogens with one attached hydrogen (secondary N) is 1. The molecule has 0 radical (unpaired) electrons. The molecular weight excluding hydrogens is 370 g/mol. The Bertz CT molecular complexity index is 822. The maximum atomic E-state index is 12.5. The number of rotatable bonds is 9. The lowest BCUT2D eigenvalue weighted by molar-refractivity contribution is -0.133. The summed E-state index contributed by atoms with van der Waals surface area (Å²) in [5.41, 5.74) is 3.00. The van der Waals surface area contributed by atoms with Crippen LogP contribution in [0.1, 0.15) is 49.6 Å². The topological polar surface area (TPSA) is 89.4 Å². The van der Waals surface area contributed by atoms with Crippen molar-refractivity contribution < 1.29 is 14.3 Å². The minimum Gasteiger partial charge on any atom is -0.381 e. The molecule has 3 heterocycles. The average Bonchev–Trinajstić information content (AvgIpc) is 3.26. The highest BCUT2D eigenvalue weighted by Gasteiger charge is 2.22. The van der Waals surface area contributed by atoms with E-state index in [1.807, 2.05) is 30.9 Å². The quantitative estimate of drug-likeness (QED) is 0.650. The largest absolute Gasteiger partial charge is 0.381 e. The van der Waals surface area contributed by atoms with E-state index in [0.717, 1.165) is 23.2 Å². The molecule has 1 atom stereocenters. The Kier molecular flexibility index (Phi) is 7.35. The van der Waals surface area contributed by atoms with E-state index in [0.29, 0.717) is 45.7 Å². The Labute approximate surface area is 171 Å². The number of ether oxygens (including phenoxy) is 1. The van der Waals surface area contributed by atoms with Crippen LogP contribution in [0.2, 0.25) is 0 Å². The van der Waals surface area contributed by atoms with Crippen LogP contribution in [0, 0.1) is 0 Å². The maximum Gasteiger partial charge on any atom is 0.245 e. The van der Waals surface area contributed by atoms with Crippen LogP contribution < -0.4 is 5.32 Å². The van der Waals surface area contributed by atoms with E-state index < -0.39 is 0 Å². The standard InChI is InChI=1S/C21H29N5O3/c1-3-19(26-9-5-8-24-26)21(28)23-14-16-12-17-15-25(10-6-18(17)22-13-16)20(27)7-11-29-4-2/h5,8-9,12-13,19H,3-4,6-7,10-11,14-15H2,1-2H3,(H,23,28). The first kappa shape index (κ1) is 21.0. The first-order valence-electron chi connectivity index (χ1n) is 10.2. The van der Waals surface area contributed by atoms with Crippen molar-refractivity contribution >= 4 is 11.8 Å². The van der Waals surface area contributed by atoms with Crippen molar-refractivity contribution in [3.63, 3.8) is 0 Å². The van der Waals surface area contributed by atoms with Gasteiger partial charge in [-0.1, -0.05) is 6.92 Å². The van der Waals surface area contributed by atoms with Gasteiger partial charge in [0.15, 0.2) is 0 Å². The molecule has 1 aliphatic heterocycles. The van der Waals surface area contributed by atoms with Gasteiger partial charge in [0.1, 0.15) is 6.04 Å². The predicted molar refractivity (Wildman–Crippen MR) is 108 cm³/mol. The van der Waals surface area contributed by atoms with Crippen molar-refractivity contribution in [2.45, 2.75) is 52.2 Å². The second kappa shape index (κ2) is 10.2. The number of carbonyl (C=O) groups excluding carboxylic acids is 2. The SMILES string of the molecule is CCOCCC(=O)N1CCc2ncc(CNC(=O)C(CC)n3cccn3)cc2C1. The van der Waals surface area contributed by atoms with Crippen LogP contribution in [-0.4, -0.2) is 51.2 Å². The summed E-state index contributed by atoms with van der Waals surface area (Å²) >= 11 is 0. The Balaban J connectivity index is 1.58. The van der Waals surface area contributed by atoms with E-state index in [4.69, 9.17) is 4.74 Å². The molecule has 1 unspecified atom stereocenters. The monoisotopic (exact) mass is 399 g/mol. The van der Waals surface area contributed by atoms with Gasteiger partial charge in [0.2, 0.25) is 11.8 Å². The van der Waals surface area contributed by atoms with Crippen molar-refractivity contribution in [1.82, 2.24) is 25.0 Å². The first-order chi connectivity index (χ1) is 14.1. The van der Waals surface area contributed by atoms with E-state index in [2.05, 4.69) is 15.4 Å². The number of nitrogens with zero attached hydrogens (tertiary/aromatic N) is 4. The van der Waals surface area contributed by atoms with Gasteiger partial charge < -0.3 is 15.0 Å². The highest BCUT2D eigenvalue weighted by atomic mass is 16.5. The summed E-state index contributed by atoms with van der Waals surface area (Å²) in [6, 6.07) is 3.53. The number of amides is 2. The maximum absolute atomic E-state index is 12.5. The third-order valence-corrected chi connectivity index (χ3v) is 5.11. The van der Waals surface area contributed by atoms with Gasteiger partial charge in [-0.3, -0.25) is 19.3 Å². The van der Waals surface area contributed by atoms with Gasteiger partial charge in [0.05, 0.1) is 13.0 Å². The zero-order valence-electron chi connectivity index (χ0n) is 17.1. The van der Waals surface area contributed by atoms with Gasteiger partial charge in [0.25, 0.3) is 0 Å². The molecule has 0 spiro atoms. The number of fused-ring (bicyclic) bond motifs is 1. The van der Waals surface area contributed by atoms with Gasteiger partial charge in [-0.25, -0.2) is 0 Å². The van der Waals surface area contributed by atoms with Crippen molar-refractivity contribution in [1.29, 1.82) is 0 Å². The van der Waals surface area contributed by atoms with Crippen LogP contribution in [0.25, 0.3) is 0 Å². The molecule has 8 heteroatoms. The predicted octanol–water partition coefficient (Wildman–Crippen LogP) is 1.86. The zero-order valence-corrected chi connectivity index (χ0v) is 17.1. The normalized spacial score (nSPS) is 14.3. The molecule has 156 valence electrons. The first-order valence-corrected chi connectivity index (χ1v) is 10.2. The van der Waals surface area contributed by atoms with Crippen LogP contribution in [0.5, 0.6) is 0 Å². The number of hydrogen-bond acceptors (Lipinski definition) is 5. The molecule has 0 aliphatic carbocycles. The molecule has 0 saturated carbocycles. The smallest absolute Gasteiger partial charge is 0.245 e. The molecule has 0 saturated heterocycles. The number of pyridine rings is 1. The van der Waals surface area contributed by atoms with E-state index in [1.54, 1.807) is 23.3 Å². The number of carbonyl (C=O) groups is 2. The molecule has 3 rings (SSSR count). The highest BCUT2D eigenvalue weighted by Crippen LogP contribution is 2.19. The number of aromatic nitrogens is 3. The van der Waals surface area contributed by atoms with Gasteiger partial charge in [-0.2, -0.15) is 5.10 Å². The van der Waals surface area contributed by atoms with Crippen molar-refractivity contribution in [3.8, 4) is 0 Å². The summed E-state index contributed by atoms with van der Waals surface area (Å²) in [7, 11) is 0. The van der Waals surface area contributed by atoms with Crippen molar-refractivity contribution in [2.75, 3.05) is 19.8 Å². The highest BCUT2D eigenvalue weighted by molar-refractivity contribution is 5.80. The molecule has 2 amide bonds. The zero-order chi connectivity index (χ0) is 20.6. The van der Waals surface area contributed by atoms with E-state index >= 15 is 0 Å². The Morgan fingerprint density at radius 3 is 2.93 bits per heavy atom. The Hall–Kier alpha value is -2.74. The lowest BCUT2D eigenvalue weighted by atomic mass is 10.0. The third-order valence-electron chi connectivity index (χ3n) is 5.11. The second-order valence-corrected chi connectivity index (χ2v) is 7.09. The Morgan fingerprint density at radius 1 is 1.34 bits per heavy atom. The van der Waals surface area contributed by atoms with Crippen LogP contribution in [0.15, 0.2) is 30.7 Å². The summed E-state index contributed by atoms with van der Waals surface area (Å²) < 4.78 is 6.96. The van der Waals surface area contributed by atoms with Gasteiger partial charge in [0, 0.05) is 56.9 Å². The fourth-order valence-corrected chi connectivity index (χ4v) is 3.51. The molecule has 0 fully saturated rings. The summed E-state index contributed by atoms with van der Waals surface area (Å²) in [5.74, 6) is 0.0365. The van der Waals surface area contributed by atoms with Crippen molar-refractivity contribution in [2.24, 2.45) is 0 Å². The summed E-state index contributed by atoms with van der Waals surface area (Å²) in [6.07, 6.45) is 7.09. The minimum atomic E-state index is -0.325. The molecular formula is C21H29N5O3. The van der Waals surface area contributed by atoms with E-state index in [1.165, 1.54) is 0 Å². The molecule has 0 aromatic carbocycles. The van der Waals surface area contributed by atoms with E-state index in [-0.39, 0.29) is 17.9 Å². The fourth-order valence-electron chi connectivity index (χ4n) is 3.51. The molecule has 2 aromatic rings. The lowest BCUT2D eigenvalue weighted by Gasteiger charge is -2.28. The lowest BCUT2D eigenvalue weighted by Crippen LogP contribution is -2.37. The molecule has 2 aromatic heterocycles. The van der Waals surface area contributed by atoms with Crippen molar-refractivity contribution in [3.05, 3.63) is 47.5 Å². The van der Waals surface area contributed by atoms with Crippen LogP contribution in [0.3, 0.4) is 0 Å². The molecule has 29 heavy (non-hydrogen) atoms.